The van der Waals surface area contributed by atoms with Crippen molar-refractivity contribution in [3.05, 3.63) is 77.1 Å². The van der Waals surface area contributed by atoms with Crippen LogP contribution in [0, 0.1) is 17.6 Å². The van der Waals surface area contributed by atoms with Gasteiger partial charge < -0.3 is 29.6 Å². The van der Waals surface area contributed by atoms with Crippen molar-refractivity contribution in [2.45, 2.75) is 45.7 Å². The lowest BCUT2D eigenvalue weighted by Crippen LogP contribution is -2.49. The van der Waals surface area contributed by atoms with Crippen LogP contribution in [0.5, 0.6) is 23.0 Å². The summed E-state index contributed by atoms with van der Waals surface area (Å²) < 4.78 is 50.0. The van der Waals surface area contributed by atoms with Crippen LogP contribution in [0.2, 0.25) is 0 Å². The van der Waals surface area contributed by atoms with E-state index in [1.165, 1.54) is 64.8 Å². The van der Waals surface area contributed by atoms with Gasteiger partial charge in [-0.2, -0.15) is 0 Å². The first kappa shape index (κ1) is 32.8. The molecule has 1 heterocycles. The Morgan fingerprint density at radius 1 is 0.767 bits per heavy atom. The lowest BCUT2D eigenvalue weighted by atomic mass is 9.85. The maximum Gasteiger partial charge on any atom is 0.313 e. The van der Waals surface area contributed by atoms with Gasteiger partial charge in [0.2, 0.25) is 11.7 Å². The van der Waals surface area contributed by atoms with Gasteiger partial charge in [-0.1, -0.05) is 26.0 Å². The Labute approximate surface area is 248 Å². The number of benzene rings is 2. The molecule has 0 unspecified atom stereocenters. The summed E-state index contributed by atoms with van der Waals surface area (Å²) in [6.45, 7) is 6.39. The average Bonchev–Trinajstić information content (AvgIpc) is 2.97. The van der Waals surface area contributed by atoms with Gasteiger partial charge in [0.05, 0.1) is 27.2 Å². The molecule has 10 nitrogen and oxygen atoms in total. The Morgan fingerprint density at radius 2 is 1.30 bits per heavy atom. The number of nitrogens with one attached hydrogen (secondary N) is 2. The van der Waals surface area contributed by atoms with Gasteiger partial charge >= 0.3 is 5.97 Å². The van der Waals surface area contributed by atoms with Gasteiger partial charge in [0, 0.05) is 24.2 Å². The molecule has 0 bridgehead atoms. The van der Waals surface area contributed by atoms with Crippen LogP contribution in [0.4, 0.5) is 8.78 Å². The number of halogens is 2. The Bertz CT molecular complexity index is 1430. The first-order valence-electron chi connectivity index (χ1n) is 13.4. The maximum absolute atomic E-state index is 14.7. The summed E-state index contributed by atoms with van der Waals surface area (Å²) in [6, 6.07) is 8.29. The highest BCUT2D eigenvalue weighted by atomic mass is 19.1. The molecule has 2 atom stereocenters. The van der Waals surface area contributed by atoms with Crippen molar-refractivity contribution in [3.63, 3.8) is 0 Å². The van der Waals surface area contributed by atoms with Crippen LogP contribution in [-0.2, 0) is 9.59 Å². The number of methoxy groups -OCH3 is 3. The molecule has 0 aliphatic carbocycles. The van der Waals surface area contributed by atoms with E-state index in [0.29, 0.717) is 11.1 Å². The molecule has 0 saturated heterocycles. The van der Waals surface area contributed by atoms with Gasteiger partial charge in [0.1, 0.15) is 6.04 Å². The monoisotopic (exact) mass is 599 g/mol. The molecule has 2 amide bonds. The molecular weight excluding hydrogens is 564 g/mol. The standard InChI is InChI=1S/C31H35F2N3O7/c1-16(2)31(39)43-28-25(42-7)12-13-34-27(28)30(38)36-18(4)29(37)35-17(3)26(19-8-10-23(40-5)21(32)14-19)20-9-11-24(41-6)22(33)15-20/h8-18,26H,1-7H3,(H,35,37)(H,36,38)/t17-,18-/m0/s1. The van der Waals surface area contributed by atoms with E-state index in [1.54, 1.807) is 32.9 Å². The number of hydrogen-bond donors (Lipinski definition) is 2. The molecule has 0 aliphatic rings. The largest absolute Gasteiger partial charge is 0.494 e. The Morgan fingerprint density at radius 3 is 1.77 bits per heavy atom. The third kappa shape index (κ3) is 7.76. The van der Waals surface area contributed by atoms with Crippen LogP contribution in [-0.4, -0.2) is 56.2 Å². The lowest BCUT2D eigenvalue weighted by Gasteiger charge is -2.28. The summed E-state index contributed by atoms with van der Waals surface area (Å²) in [6.07, 6.45) is 1.31. The minimum Gasteiger partial charge on any atom is -0.494 e. The van der Waals surface area contributed by atoms with Crippen molar-refractivity contribution < 1.29 is 42.1 Å². The number of pyridine rings is 1. The molecule has 0 radical (unpaired) electrons. The van der Waals surface area contributed by atoms with Gasteiger partial charge in [-0.15, -0.1) is 0 Å². The van der Waals surface area contributed by atoms with Crippen LogP contribution in [0.1, 0.15) is 55.2 Å². The van der Waals surface area contributed by atoms with E-state index in [2.05, 4.69) is 15.6 Å². The number of ether oxygens (including phenoxy) is 4. The normalized spacial score (nSPS) is 12.3. The third-order valence-corrected chi connectivity index (χ3v) is 6.66. The second-order valence-electron chi connectivity index (χ2n) is 10.0. The van der Waals surface area contributed by atoms with Gasteiger partial charge in [-0.3, -0.25) is 14.4 Å². The Balaban J connectivity index is 1.86. The predicted octanol–water partition coefficient (Wildman–Crippen LogP) is 4.40. The molecule has 0 saturated carbocycles. The van der Waals surface area contributed by atoms with E-state index in [-0.39, 0.29) is 28.7 Å². The number of carbonyl (C=O) groups is 3. The summed E-state index contributed by atoms with van der Waals surface area (Å²) in [7, 11) is 4.03. The van der Waals surface area contributed by atoms with Crippen molar-refractivity contribution in [2.75, 3.05) is 21.3 Å². The first-order chi connectivity index (χ1) is 20.4. The SMILES string of the molecule is COc1ccc(C(c2ccc(OC)c(F)c2)[C@H](C)NC(=O)[C@H](C)NC(=O)c2nccc(OC)c2OC(=O)C(C)C)cc1F. The van der Waals surface area contributed by atoms with Crippen LogP contribution >= 0.6 is 0 Å². The average molecular weight is 600 g/mol. The molecule has 43 heavy (non-hydrogen) atoms. The van der Waals surface area contributed by atoms with Gasteiger partial charge in [-0.05, 0) is 49.2 Å². The second kappa shape index (κ2) is 14.4. The van der Waals surface area contributed by atoms with E-state index >= 15 is 0 Å². The number of amides is 2. The highest BCUT2D eigenvalue weighted by molar-refractivity contribution is 5.99. The van der Waals surface area contributed by atoms with E-state index in [1.807, 2.05) is 0 Å². The van der Waals surface area contributed by atoms with Gasteiger partial charge in [0.15, 0.2) is 34.6 Å². The zero-order valence-electron chi connectivity index (χ0n) is 25.0. The molecule has 1 aromatic heterocycles. The molecule has 12 heteroatoms. The van der Waals surface area contributed by atoms with Gasteiger partial charge in [-0.25, -0.2) is 13.8 Å². The van der Waals surface area contributed by atoms with Crippen molar-refractivity contribution in [1.82, 2.24) is 15.6 Å². The smallest absolute Gasteiger partial charge is 0.313 e. The minimum atomic E-state index is -1.09. The topological polar surface area (TPSA) is 125 Å². The number of carbonyl (C=O) groups excluding carboxylic acids is 3. The van der Waals surface area contributed by atoms with E-state index in [0.717, 1.165) is 0 Å². The van der Waals surface area contributed by atoms with Crippen molar-refractivity contribution in [2.24, 2.45) is 5.92 Å². The molecule has 0 spiro atoms. The molecule has 230 valence electrons. The molecule has 3 rings (SSSR count). The number of aromatic nitrogens is 1. The van der Waals surface area contributed by atoms with Crippen LogP contribution in [0.3, 0.4) is 0 Å². The Hall–Kier alpha value is -4.74. The Kier molecular flexibility index (Phi) is 11.0. The zero-order chi connectivity index (χ0) is 31.8. The fourth-order valence-electron chi connectivity index (χ4n) is 4.36. The molecular formula is C31H35F2N3O7. The molecule has 2 N–H and O–H groups in total. The lowest BCUT2D eigenvalue weighted by molar-refractivity contribution is -0.137. The first-order valence-corrected chi connectivity index (χ1v) is 13.4. The van der Waals surface area contributed by atoms with Crippen LogP contribution in [0.15, 0.2) is 48.7 Å². The third-order valence-electron chi connectivity index (χ3n) is 6.66. The van der Waals surface area contributed by atoms with Crippen LogP contribution in [0.25, 0.3) is 0 Å². The zero-order valence-corrected chi connectivity index (χ0v) is 25.0. The number of esters is 1. The van der Waals surface area contributed by atoms with Crippen molar-refractivity contribution in [1.29, 1.82) is 0 Å². The highest BCUT2D eigenvalue weighted by Crippen LogP contribution is 2.33. The summed E-state index contributed by atoms with van der Waals surface area (Å²) in [5.41, 5.74) is 0.649. The van der Waals surface area contributed by atoms with E-state index < -0.39 is 53.3 Å². The highest BCUT2D eigenvalue weighted by Gasteiger charge is 2.29. The number of hydrogen-bond acceptors (Lipinski definition) is 8. The van der Waals surface area contributed by atoms with Crippen LogP contribution < -0.4 is 29.6 Å². The molecule has 0 aliphatic heterocycles. The van der Waals surface area contributed by atoms with Gasteiger partial charge in [0.25, 0.3) is 5.91 Å². The molecule has 2 aromatic carbocycles. The quantitative estimate of drug-likeness (QED) is 0.294. The summed E-state index contributed by atoms with van der Waals surface area (Å²) in [4.78, 5) is 42.7. The van der Waals surface area contributed by atoms with Crippen molar-refractivity contribution in [3.8, 4) is 23.0 Å². The fraction of sp³-hybridized carbons (Fsp3) is 0.355. The summed E-state index contributed by atoms with van der Waals surface area (Å²) >= 11 is 0. The minimum absolute atomic E-state index is 0.0287. The summed E-state index contributed by atoms with van der Waals surface area (Å²) in [5.74, 6) is -4.42. The van der Waals surface area contributed by atoms with E-state index in [9.17, 15) is 23.2 Å². The maximum atomic E-state index is 14.7. The second-order valence-corrected chi connectivity index (χ2v) is 10.0. The number of rotatable bonds is 12. The summed E-state index contributed by atoms with van der Waals surface area (Å²) in [5, 5.41) is 5.37. The van der Waals surface area contributed by atoms with Crippen molar-refractivity contribution >= 4 is 17.8 Å². The number of nitrogens with zero attached hydrogens (tertiary/aromatic N) is 1. The predicted molar refractivity (Wildman–Crippen MR) is 154 cm³/mol. The molecule has 0 fully saturated rings. The molecule has 3 aromatic rings. The van der Waals surface area contributed by atoms with E-state index in [4.69, 9.17) is 18.9 Å². The fourth-order valence-corrected chi connectivity index (χ4v) is 4.36.